The summed E-state index contributed by atoms with van der Waals surface area (Å²) in [5.41, 5.74) is 3.62. The Bertz CT molecular complexity index is 1230. The van der Waals surface area contributed by atoms with E-state index in [2.05, 4.69) is 10.2 Å². The summed E-state index contributed by atoms with van der Waals surface area (Å²) in [6.07, 6.45) is 0.0249. The summed E-state index contributed by atoms with van der Waals surface area (Å²) >= 11 is 5.70. The van der Waals surface area contributed by atoms with Gasteiger partial charge in [-0.1, -0.05) is 6.07 Å². The molecule has 10 nitrogen and oxygen atoms in total. The number of hydrogen-bond donors (Lipinski definition) is 1. The molecular weight excluding hydrogens is 492 g/mol. The summed E-state index contributed by atoms with van der Waals surface area (Å²) in [7, 11) is 6.55. The van der Waals surface area contributed by atoms with E-state index in [1.807, 2.05) is 13.1 Å². The highest BCUT2D eigenvalue weighted by atomic mass is 35.5. The number of amides is 1. The fourth-order valence-corrected chi connectivity index (χ4v) is 5.44. The van der Waals surface area contributed by atoms with E-state index in [-0.39, 0.29) is 25.1 Å². The van der Waals surface area contributed by atoms with Crippen LogP contribution in [0.5, 0.6) is 28.7 Å². The maximum absolute atomic E-state index is 13.1. The number of cyclic esters (lactones) is 1. The zero-order valence-electron chi connectivity index (χ0n) is 20.4. The Labute approximate surface area is 213 Å². The van der Waals surface area contributed by atoms with E-state index < -0.39 is 18.1 Å². The van der Waals surface area contributed by atoms with Crippen LogP contribution in [0.3, 0.4) is 0 Å². The summed E-state index contributed by atoms with van der Waals surface area (Å²) in [5.74, 6) is 1.38. The van der Waals surface area contributed by atoms with Crippen LogP contribution < -0.4 is 29.0 Å². The monoisotopic (exact) mass is 518 g/mol. The third kappa shape index (κ3) is 3.67. The first-order valence-corrected chi connectivity index (χ1v) is 12.0. The predicted octanol–water partition coefficient (Wildman–Crippen LogP) is 2.74. The van der Waals surface area contributed by atoms with Crippen molar-refractivity contribution in [1.82, 2.24) is 10.2 Å². The van der Waals surface area contributed by atoms with Crippen molar-refractivity contribution in [1.29, 1.82) is 0 Å². The number of methoxy groups -OCH3 is 3. The van der Waals surface area contributed by atoms with Crippen molar-refractivity contribution in [3.8, 4) is 28.7 Å². The van der Waals surface area contributed by atoms with Crippen LogP contribution in [0, 0.1) is 0 Å². The average Bonchev–Trinajstić information content (AvgIpc) is 3.50. The van der Waals surface area contributed by atoms with Gasteiger partial charge in [-0.2, -0.15) is 0 Å². The minimum atomic E-state index is -0.643. The SMILES string of the molecule is COc1ccc2c(c1OC)C(=O)OC2[C@H]1c2c(c(CNC(=O)CCl)c3c(c2OC)OCO3)CCN1C. The number of carbonyl (C=O) groups excluding carboxylic acids is 2. The van der Waals surface area contributed by atoms with E-state index in [0.717, 1.165) is 16.7 Å². The van der Waals surface area contributed by atoms with Crippen LogP contribution in [0.15, 0.2) is 12.1 Å². The van der Waals surface area contributed by atoms with Gasteiger partial charge in [0, 0.05) is 29.8 Å². The number of likely N-dealkylation sites (N-methyl/N-ethyl adjacent to an activating group) is 1. The minimum Gasteiger partial charge on any atom is -0.493 e. The zero-order valence-corrected chi connectivity index (χ0v) is 21.2. The molecule has 1 N–H and O–H groups in total. The number of carbonyl (C=O) groups is 2. The average molecular weight is 519 g/mol. The molecule has 0 saturated carbocycles. The normalized spacial score (nSPS) is 19.9. The predicted molar refractivity (Wildman–Crippen MR) is 128 cm³/mol. The standard InChI is InChI=1S/C25H27ClN2O8/c1-28-8-7-12-14(10-27-16(29)9-26)21-24(35-11-34-21)23(33-4)17(12)19(28)20-13-5-6-15(31-2)22(32-3)18(13)25(30)36-20/h5-6,19-20H,7-11H2,1-4H3,(H,27,29)/t19-,20?/m1/s1. The lowest BCUT2D eigenvalue weighted by molar-refractivity contribution is -0.118. The first-order chi connectivity index (χ1) is 17.4. The van der Waals surface area contributed by atoms with E-state index in [0.29, 0.717) is 52.8 Å². The second-order valence-electron chi connectivity index (χ2n) is 8.65. The van der Waals surface area contributed by atoms with Gasteiger partial charge in [0.2, 0.25) is 18.4 Å². The topological polar surface area (TPSA) is 105 Å². The molecule has 1 unspecified atom stereocenters. The molecule has 0 aromatic heterocycles. The Morgan fingerprint density at radius 2 is 1.89 bits per heavy atom. The molecule has 3 heterocycles. The van der Waals surface area contributed by atoms with Crippen molar-refractivity contribution in [2.24, 2.45) is 0 Å². The highest BCUT2D eigenvalue weighted by Crippen LogP contribution is 2.56. The minimum absolute atomic E-state index is 0.0315. The quantitative estimate of drug-likeness (QED) is 0.437. The molecule has 0 spiro atoms. The van der Waals surface area contributed by atoms with Crippen LogP contribution in [0.1, 0.15) is 44.8 Å². The number of rotatable bonds is 7. The van der Waals surface area contributed by atoms with Crippen LogP contribution in [0.4, 0.5) is 0 Å². The molecule has 0 saturated heterocycles. The molecule has 1 amide bonds. The van der Waals surface area contributed by atoms with E-state index in [1.54, 1.807) is 13.2 Å². The van der Waals surface area contributed by atoms with Crippen molar-refractivity contribution < 1.29 is 38.0 Å². The number of ether oxygens (including phenoxy) is 6. The summed E-state index contributed by atoms with van der Waals surface area (Å²) in [5, 5.41) is 2.84. The molecule has 0 fully saturated rings. The Balaban J connectivity index is 1.69. The first kappa shape index (κ1) is 24.3. The summed E-state index contributed by atoms with van der Waals surface area (Å²) in [4.78, 5) is 27.2. The lowest BCUT2D eigenvalue weighted by Gasteiger charge is -2.39. The first-order valence-electron chi connectivity index (χ1n) is 11.4. The van der Waals surface area contributed by atoms with Gasteiger partial charge < -0.3 is 33.7 Å². The number of fused-ring (bicyclic) bond motifs is 3. The number of nitrogens with zero attached hydrogens (tertiary/aromatic N) is 1. The lowest BCUT2D eigenvalue weighted by Crippen LogP contribution is -2.37. The molecular formula is C25H27ClN2O8. The number of alkyl halides is 1. The molecule has 0 radical (unpaired) electrons. The van der Waals surface area contributed by atoms with Crippen LogP contribution in [0.25, 0.3) is 0 Å². The van der Waals surface area contributed by atoms with E-state index in [1.165, 1.54) is 14.2 Å². The van der Waals surface area contributed by atoms with Crippen LogP contribution in [0.2, 0.25) is 0 Å². The molecule has 11 heteroatoms. The van der Waals surface area contributed by atoms with Gasteiger partial charge in [0.05, 0.1) is 27.4 Å². The molecule has 3 aliphatic heterocycles. The van der Waals surface area contributed by atoms with Gasteiger partial charge in [-0.3, -0.25) is 9.69 Å². The van der Waals surface area contributed by atoms with Gasteiger partial charge >= 0.3 is 5.97 Å². The van der Waals surface area contributed by atoms with Gasteiger partial charge in [-0.15, -0.1) is 11.6 Å². The van der Waals surface area contributed by atoms with Crippen molar-refractivity contribution in [2.45, 2.75) is 25.1 Å². The summed E-state index contributed by atoms with van der Waals surface area (Å²) in [6.45, 7) is 0.920. The van der Waals surface area contributed by atoms with Gasteiger partial charge in [0.1, 0.15) is 17.5 Å². The fraction of sp³-hybridized carbons (Fsp3) is 0.440. The Kier molecular flexibility index (Phi) is 6.48. The van der Waals surface area contributed by atoms with E-state index in [9.17, 15) is 9.59 Å². The van der Waals surface area contributed by atoms with Crippen LogP contribution in [-0.4, -0.2) is 64.4 Å². The maximum atomic E-state index is 13.1. The van der Waals surface area contributed by atoms with Crippen LogP contribution >= 0.6 is 11.6 Å². The Morgan fingerprint density at radius 1 is 1.14 bits per heavy atom. The molecule has 5 rings (SSSR count). The lowest BCUT2D eigenvalue weighted by atomic mass is 9.83. The smallest absolute Gasteiger partial charge is 0.343 e. The van der Waals surface area contributed by atoms with E-state index in [4.69, 9.17) is 40.0 Å². The number of benzene rings is 2. The maximum Gasteiger partial charge on any atom is 0.343 e. The number of hydrogen-bond acceptors (Lipinski definition) is 9. The Hall–Kier alpha value is -3.37. The highest BCUT2D eigenvalue weighted by molar-refractivity contribution is 6.27. The molecule has 2 aromatic rings. The molecule has 3 aliphatic rings. The molecule has 0 aliphatic carbocycles. The fourth-order valence-electron chi connectivity index (χ4n) is 5.34. The molecule has 192 valence electrons. The molecule has 2 aromatic carbocycles. The Morgan fingerprint density at radius 3 is 2.58 bits per heavy atom. The third-order valence-corrected chi connectivity index (χ3v) is 7.15. The van der Waals surface area contributed by atoms with Crippen molar-refractivity contribution in [3.63, 3.8) is 0 Å². The molecule has 0 bridgehead atoms. The van der Waals surface area contributed by atoms with Crippen molar-refractivity contribution >= 4 is 23.5 Å². The summed E-state index contributed by atoms with van der Waals surface area (Å²) < 4.78 is 34.4. The molecule has 2 atom stereocenters. The van der Waals surface area contributed by atoms with Gasteiger partial charge in [0.15, 0.2) is 23.0 Å². The largest absolute Gasteiger partial charge is 0.493 e. The summed E-state index contributed by atoms with van der Waals surface area (Å²) in [6, 6.07) is 3.19. The van der Waals surface area contributed by atoms with Gasteiger partial charge in [-0.25, -0.2) is 4.79 Å². The third-order valence-electron chi connectivity index (χ3n) is 6.91. The zero-order chi connectivity index (χ0) is 25.6. The van der Waals surface area contributed by atoms with Crippen LogP contribution in [-0.2, 0) is 22.5 Å². The van der Waals surface area contributed by atoms with Gasteiger partial charge in [-0.05, 0) is 25.1 Å². The van der Waals surface area contributed by atoms with Crippen molar-refractivity contribution in [3.05, 3.63) is 39.9 Å². The number of halogens is 1. The highest BCUT2D eigenvalue weighted by Gasteiger charge is 2.47. The number of esters is 1. The second kappa shape index (κ2) is 9.59. The molecule has 36 heavy (non-hydrogen) atoms. The van der Waals surface area contributed by atoms with E-state index >= 15 is 0 Å². The van der Waals surface area contributed by atoms with Gasteiger partial charge in [0.25, 0.3) is 0 Å². The second-order valence-corrected chi connectivity index (χ2v) is 8.91. The number of nitrogens with one attached hydrogen (secondary N) is 1. The van der Waals surface area contributed by atoms with Crippen molar-refractivity contribution in [2.75, 3.05) is 47.6 Å².